The number of carboxylic acids is 1. The Morgan fingerprint density at radius 3 is 2.85 bits per heavy atom. The van der Waals surface area contributed by atoms with Gasteiger partial charge < -0.3 is 10.8 Å². The quantitative estimate of drug-likeness (QED) is 0.813. The number of rotatable bonds is 3. The molecule has 0 aromatic carbocycles. The van der Waals surface area contributed by atoms with Crippen molar-refractivity contribution in [3.05, 3.63) is 20.8 Å². The summed E-state index contributed by atoms with van der Waals surface area (Å²) in [7, 11) is 0. The minimum absolute atomic E-state index is 0.341. The van der Waals surface area contributed by atoms with Crippen LogP contribution in [0.5, 0.6) is 0 Å². The zero-order chi connectivity index (χ0) is 10.0. The maximum atomic E-state index is 10.4. The zero-order valence-electron chi connectivity index (χ0n) is 7.08. The molecule has 0 aliphatic carbocycles. The highest BCUT2D eigenvalue weighted by Gasteiger charge is 2.14. The molecule has 0 spiro atoms. The Hall–Kier alpha value is -0.580. The van der Waals surface area contributed by atoms with E-state index in [9.17, 15) is 4.79 Å². The lowest BCUT2D eigenvalue weighted by Gasteiger charge is -2.02. The molecule has 3 nitrogen and oxygen atoms in total. The van der Waals surface area contributed by atoms with Gasteiger partial charge in [0.1, 0.15) is 6.04 Å². The van der Waals surface area contributed by atoms with Crippen molar-refractivity contribution in [2.45, 2.75) is 19.4 Å². The second kappa shape index (κ2) is 4.09. The number of halogens is 1. The highest BCUT2D eigenvalue weighted by Crippen LogP contribution is 2.26. The predicted molar refractivity (Wildman–Crippen MR) is 53.4 cm³/mol. The van der Waals surface area contributed by atoms with E-state index < -0.39 is 12.0 Å². The first kappa shape index (κ1) is 10.5. The summed E-state index contributed by atoms with van der Waals surface area (Å²) in [6, 6.07) is 0.929. The van der Waals surface area contributed by atoms with Crippen LogP contribution >= 0.6 is 22.9 Å². The van der Waals surface area contributed by atoms with Crippen LogP contribution in [0.4, 0.5) is 0 Å². The molecule has 0 radical (unpaired) electrons. The van der Waals surface area contributed by atoms with Crippen LogP contribution in [0.3, 0.4) is 0 Å². The van der Waals surface area contributed by atoms with Gasteiger partial charge >= 0.3 is 5.97 Å². The molecule has 0 aliphatic heterocycles. The Bertz CT molecular complexity index is 304. The van der Waals surface area contributed by atoms with E-state index in [0.29, 0.717) is 11.4 Å². The molecular weight excluding hydrogens is 210 g/mol. The SMILES string of the molecule is Cc1sc(CC(N)C(=O)O)cc1Cl. The van der Waals surface area contributed by atoms with Gasteiger partial charge in [-0.1, -0.05) is 11.6 Å². The molecule has 72 valence electrons. The second-order valence-electron chi connectivity index (χ2n) is 2.77. The Morgan fingerprint density at radius 2 is 2.46 bits per heavy atom. The van der Waals surface area contributed by atoms with Crippen LogP contribution in [0.2, 0.25) is 5.02 Å². The van der Waals surface area contributed by atoms with Crippen molar-refractivity contribution in [1.82, 2.24) is 0 Å². The summed E-state index contributed by atoms with van der Waals surface area (Å²) in [5.41, 5.74) is 5.37. The average molecular weight is 220 g/mol. The molecule has 3 N–H and O–H groups in total. The Labute approximate surface area is 85.1 Å². The predicted octanol–water partition coefficient (Wildman–Crippen LogP) is 1.66. The molecule has 1 unspecified atom stereocenters. The van der Waals surface area contributed by atoms with Crippen molar-refractivity contribution in [2.75, 3.05) is 0 Å². The van der Waals surface area contributed by atoms with Gasteiger partial charge in [-0.3, -0.25) is 4.79 Å². The average Bonchev–Trinajstić information content (AvgIpc) is 2.31. The molecule has 13 heavy (non-hydrogen) atoms. The third-order valence-electron chi connectivity index (χ3n) is 1.65. The third kappa shape index (κ3) is 2.69. The number of thiophene rings is 1. The molecule has 5 heteroatoms. The Balaban J connectivity index is 2.69. The lowest BCUT2D eigenvalue weighted by Crippen LogP contribution is -2.31. The molecule has 0 aliphatic rings. The topological polar surface area (TPSA) is 63.3 Å². The summed E-state index contributed by atoms with van der Waals surface area (Å²) < 4.78 is 0. The van der Waals surface area contributed by atoms with Crippen molar-refractivity contribution >= 4 is 28.9 Å². The number of hydrogen-bond acceptors (Lipinski definition) is 3. The first-order valence-corrected chi connectivity index (χ1v) is 4.93. The van der Waals surface area contributed by atoms with E-state index in [0.717, 1.165) is 9.75 Å². The molecule has 1 aromatic heterocycles. The smallest absolute Gasteiger partial charge is 0.320 e. The van der Waals surface area contributed by atoms with Gasteiger partial charge in [-0.2, -0.15) is 0 Å². The van der Waals surface area contributed by atoms with Crippen molar-refractivity contribution in [1.29, 1.82) is 0 Å². The zero-order valence-corrected chi connectivity index (χ0v) is 8.65. The fourth-order valence-electron chi connectivity index (χ4n) is 0.922. The largest absolute Gasteiger partial charge is 0.480 e. The number of carboxylic acid groups (broad SMARTS) is 1. The summed E-state index contributed by atoms with van der Waals surface area (Å²) in [4.78, 5) is 12.4. The summed E-state index contributed by atoms with van der Waals surface area (Å²) in [5.74, 6) is -0.984. The van der Waals surface area contributed by atoms with Crippen LogP contribution < -0.4 is 5.73 Å². The van der Waals surface area contributed by atoms with Gasteiger partial charge in [0, 0.05) is 16.2 Å². The van der Waals surface area contributed by atoms with E-state index in [2.05, 4.69) is 0 Å². The molecule has 0 bridgehead atoms. The lowest BCUT2D eigenvalue weighted by atomic mass is 10.2. The molecule has 1 heterocycles. The molecule has 0 saturated carbocycles. The van der Waals surface area contributed by atoms with Gasteiger partial charge in [0.15, 0.2) is 0 Å². The summed E-state index contributed by atoms with van der Waals surface area (Å²) in [5, 5.41) is 9.24. The second-order valence-corrected chi connectivity index (χ2v) is 4.51. The van der Waals surface area contributed by atoms with Gasteiger partial charge in [-0.15, -0.1) is 11.3 Å². The maximum absolute atomic E-state index is 10.4. The van der Waals surface area contributed by atoms with Gasteiger partial charge in [-0.05, 0) is 13.0 Å². The molecule has 0 saturated heterocycles. The number of nitrogens with two attached hydrogens (primary N) is 1. The van der Waals surface area contributed by atoms with E-state index in [-0.39, 0.29) is 0 Å². The van der Waals surface area contributed by atoms with Gasteiger partial charge in [0.25, 0.3) is 0 Å². The molecule has 1 aromatic rings. The summed E-state index contributed by atoms with van der Waals surface area (Å²) >= 11 is 7.30. The number of aryl methyl sites for hydroxylation is 1. The van der Waals surface area contributed by atoms with Gasteiger partial charge in [0.2, 0.25) is 0 Å². The van der Waals surface area contributed by atoms with E-state index in [1.807, 2.05) is 6.92 Å². The van der Waals surface area contributed by atoms with E-state index in [1.165, 1.54) is 11.3 Å². The third-order valence-corrected chi connectivity index (χ3v) is 3.22. The van der Waals surface area contributed by atoms with Crippen molar-refractivity contribution < 1.29 is 9.90 Å². The number of hydrogen-bond donors (Lipinski definition) is 2. The fraction of sp³-hybridized carbons (Fsp3) is 0.375. The molecule has 1 atom stereocenters. The summed E-state index contributed by atoms with van der Waals surface area (Å²) in [6.07, 6.45) is 0.341. The maximum Gasteiger partial charge on any atom is 0.320 e. The summed E-state index contributed by atoms with van der Waals surface area (Å²) in [6.45, 7) is 1.89. The fourth-order valence-corrected chi connectivity index (χ4v) is 2.22. The van der Waals surface area contributed by atoms with E-state index in [4.69, 9.17) is 22.4 Å². The van der Waals surface area contributed by atoms with Crippen LogP contribution in [0.1, 0.15) is 9.75 Å². The highest BCUT2D eigenvalue weighted by molar-refractivity contribution is 7.12. The molecule has 0 fully saturated rings. The highest BCUT2D eigenvalue weighted by atomic mass is 35.5. The first-order valence-electron chi connectivity index (χ1n) is 3.74. The minimum Gasteiger partial charge on any atom is -0.480 e. The van der Waals surface area contributed by atoms with Gasteiger partial charge in [-0.25, -0.2) is 0 Å². The van der Waals surface area contributed by atoms with Crippen LogP contribution in [-0.2, 0) is 11.2 Å². The van der Waals surface area contributed by atoms with Crippen LogP contribution in [0.15, 0.2) is 6.07 Å². The number of carbonyl (C=O) groups is 1. The van der Waals surface area contributed by atoms with E-state index >= 15 is 0 Å². The van der Waals surface area contributed by atoms with Crippen LogP contribution in [0.25, 0.3) is 0 Å². The lowest BCUT2D eigenvalue weighted by molar-refractivity contribution is -0.138. The molecular formula is C8H10ClNO2S. The Morgan fingerprint density at radius 1 is 1.85 bits per heavy atom. The standard InChI is InChI=1S/C8H10ClNO2S/c1-4-6(9)2-5(13-4)3-7(10)8(11)12/h2,7H,3,10H2,1H3,(H,11,12). The van der Waals surface area contributed by atoms with Crippen LogP contribution in [0, 0.1) is 6.92 Å². The van der Waals surface area contributed by atoms with Crippen molar-refractivity contribution in [3.8, 4) is 0 Å². The molecule has 1 rings (SSSR count). The van der Waals surface area contributed by atoms with Crippen molar-refractivity contribution in [2.24, 2.45) is 5.73 Å². The van der Waals surface area contributed by atoms with Crippen molar-refractivity contribution in [3.63, 3.8) is 0 Å². The van der Waals surface area contributed by atoms with Crippen LogP contribution in [-0.4, -0.2) is 17.1 Å². The first-order chi connectivity index (χ1) is 6.00. The normalized spacial score (nSPS) is 12.8. The number of aliphatic carboxylic acids is 1. The molecule has 0 amide bonds. The van der Waals surface area contributed by atoms with E-state index in [1.54, 1.807) is 6.07 Å². The minimum atomic E-state index is -0.984. The monoisotopic (exact) mass is 219 g/mol. The van der Waals surface area contributed by atoms with Gasteiger partial charge in [0.05, 0.1) is 5.02 Å². The Kier molecular flexibility index (Phi) is 3.30.